The Hall–Kier alpha value is -1.28. The predicted molar refractivity (Wildman–Crippen MR) is 60.3 cm³/mol. The zero-order valence-electron chi connectivity index (χ0n) is 8.56. The van der Waals surface area contributed by atoms with Gasteiger partial charge in [0.15, 0.2) is 0 Å². The topological polar surface area (TPSA) is 27.8 Å². The Morgan fingerprint density at radius 1 is 1.43 bits per heavy atom. The summed E-state index contributed by atoms with van der Waals surface area (Å²) in [6.45, 7) is 8.15. The predicted octanol–water partition coefficient (Wildman–Crippen LogP) is 0.427. The highest BCUT2D eigenvalue weighted by Crippen LogP contribution is 2.03. The molecule has 0 fully saturated rings. The minimum absolute atomic E-state index is 0.946. The molecule has 2 heteroatoms. The molecule has 1 aromatic rings. The Bertz CT molecular complexity index is 451. The third-order valence-corrected chi connectivity index (χ3v) is 2.65. The number of hydrogen-bond acceptors (Lipinski definition) is 1. The summed E-state index contributed by atoms with van der Waals surface area (Å²) in [6.07, 6.45) is 7.24. The maximum Gasteiger partial charge on any atom is 0.0453 e. The van der Waals surface area contributed by atoms with Gasteiger partial charge in [0.1, 0.15) is 0 Å². The Balaban J connectivity index is 2.54. The molecule has 2 rings (SSSR count). The zero-order valence-corrected chi connectivity index (χ0v) is 8.56. The van der Waals surface area contributed by atoms with E-state index in [9.17, 15) is 0 Å². The first-order valence-corrected chi connectivity index (χ1v) is 5.05. The summed E-state index contributed by atoms with van der Waals surface area (Å²) in [5, 5.41) is 5.66. The first-order chi connectivity index (χ1) is 6.83. The highest BCUT2D eigenvalue weighted by Gasteiger charge is 2.10. The van der Waals surface area contributed by atoms with E-state index in [2.05, 4.69) is 23.0 Å². The van der Waals surface area contributed by atoms with Crippen molar-refractivity contribution in [3.05, 3.63) is 34.0 Å². The molecule has 2 heterocycles. The van der Waals surface area contributed by atoms with Gasteiger partial charge in [0.25, 0.3) is 0 Å². The van der Waals surface area contributed by atoms with Crippen molar-refractivity contribution in [1.29, 1.82) is 0 Å². The third-order valence-electron chi connectivity index (χ3n) is 2.65. The van der Waals surface area contributed by atoms with E-state index in [0.717, 1.165) is 24.9 Å². The molecule has 2 nitrogen and oxygen atoms in total. The van der Waals surface area contributed by atoms with Crippen molar-refractivity contribution in [1.82, 2.24) is 10.3 Å². The number of H-pyrrole nitrogens is 1. The van der Waals surface area contributed by atoms with Crippen molar-refractivity contribution in [2.45, 2.75) is 19.9 Å². The second kappa shape index (κ2) is 3.84. The van der Waals surface area contributed by atoms with E-state index in [1.54, 1.807) is 0 Å². The standard InChI is InChI=1S/C12H16N2/c1-3-4-5-11-9(2)10-6-7-13-8-12(10)14-11/h3-5,13-14H,2,6-8H2,1H3/b4-3-,11-5+. The first kappa shape index (κ1) is 9.28. The third kappa shape index (κ3) is 1.53. The van der Waals surface area contributed by atoms with E-state index in [4.69, 9.17) is 0 Å². The molecule has 0 atom stereocenters. The zero-order chi connectivity index (χ0) is 9.97. The molecule has 74 valence electrons. The van der Waals surface area contributed by atoms with Gasteiger partial charge in [-0.25, -0.2) is 0 Å². The highest BCUT2D eigenvalue weighted by atomic mass is 14.9. The number of allylic oxidation sites excluding steroid dienone is 2. The minimum atomic E-state index is 0.946. The van der Waals surface area contributed by atoms with Gasteiger partial charge in [-0.05, 0) is 36.7 Å². The quantitative estimate of drug-likeness (QED) is 0.657. The summed E-state index contributed by atoms with van der Waals surface area (Å²) >= 11 is 0. The lowest BCUT2D eigenvalue weighted by molar-refractivity contribution is 0.633. The van der Waals surface area contributed by atoms with Crippen LogP contribution < -0.4 is 15.9 Å². The van der Waals surface area contributed by atoms with Crippen LogP contribution in [0.3, 0.4) is 0 Å². The Morgan fingerprint density at radius 3 is 3.00 bits per heavy atom. The monoisotopic (exact) mass is 188 g/mol. The highest BCUT2D eigenvalue weighted by molar-refractivity contribution is 5.39. The van der Waals surface area contributed by atoms with Gasteiger partial charge in [0.05, 0.1) is 0 Å². The van der Waals surface area contributed by atoms with E-state index in [0.29, 0.717) is 0 Å². The van der Waals surface area contributed by atoms with E-state index >= 15 is 0 Å². The van der Waals surface area contributed by atoms with Gasteiger partial charge in [-0.3, -0.25) is 0 Å². The van der Waals surface area contributed by atoms with Gasteiger partial charge in [0, 0.05) is 17.6 Å². The summed E-state index contributed by atoms with van der Waals surface area (Å²) < 4.78 is 0. The van der Waals surface area contributed by atoms with Crippen molar-refractivity contribution >= 4 is 12.7 Å². The Kier molecular flexibility index (Phi) is 2.55. The first-order valence-electron chi connectivity index (χ1n) is 5.05. The molecule has 0 bridgehead atoms. The van der Waals surface area contributed by atoms with Gasteiger partial charge < -0.3 is 10.3 Å². The van der Waals surface area contributed by atoms with Crippen LogP contribution in [0.4, 0.5) is 0 Å². The second-order valence-corrected chi connectivity index (χ2v) is 3.59. The summed E-state index contributed by atoms with van der Waals surface area (Å²) in [5.41, 5.74) is 2.71. The minimum Gasteiger partial charge on any atom is -0.357 e. The lowest BCUT2D eigenvalue weighted by Gasteiger charge is -2.11. The molecule has 1 aliphatic rings. The lowest BCUT2D eigenvalue weighted by atomic mass is 10.1. The SMILES string of the molecule is C=c1c2c([nH]/c1=C/C=C\C)CNCC2. The largest absolute Gasteiger partial charge is 0.357 e. The number of aromatic amines is 1. The van der Waals surface area contributed by atoms with E-state index in [1.165, 1.54) is 16.5 Å². The summed E-state index contributed by atoms with van der Waals surface area (Å²) in [6, 6.07) is 0. The van der Waals surface area contributed by atoms with E-state index in [-0.39, 0.29) is 0 Å². The smallest absolute Gasteiger partial charge is 0.0453 e. The summed E-state index contributed by atoms with van der Waals surface area (Å²) in [7, 11) is 0. The van der Waals surface area contributed by atoms with Crippen LogP contribution >= 0.6 is 0 Å². The molecule has 2 N–H and O–H groups in total. The van der Waals surface area contributed by atoms with Gasteiger partial charge in [-0.2, -0.15) is 0 Å². The maximum atomic E-state index is 4.12. The normalized spacial score (nSPS) is 17.6. The van der Waals surface area contributed by atoms with Crippen molar-refractivity contribution in [2.75, 3.05) is 6.54 Å². The van der Waals surface area contributed by atoms with Crippen LogP contribution in [0.15, 0.2) is 12.2 Å². The van der Waals surface area contributed by atoms with E-state index in [1.807, 2.05) is 19.1 Å². The van der Waals surface area contributed by atoms with Gasteiger partial charge >= 0.3 is 0 Å². The fourth-order valence-corrected chi connectivity index (χ4v) is 1.87. The van der Waals surface area contributed by atoms with Crippen LogP contribution in [-0.2, 0) is 13.0 Å². The number of fused-ring (bicyclic) bond motifs is 1. The lowest BCUT2D eigenvalue weighted by Crippen LogP contribution is -2.27. The average molecular weight is 188 g/mol. The van der Waals surface area contributed by atoms with Crippen molar-refractivity contribution < 1.29 is 0 Å². The van der Waals surface area contributed by atoms with Crippen molar-refractivity contribution in [3.63, 3.8) is 0 Å². The Labute approximate surface area is 84.0 Å². The number of aromatic nitrogens is 1. The van der Waals surface area contributed by atoms with Crippen LogP contribution in [0.5, 0.6) is 0 Å². The molecule has 0 spiro atoms. The average Bonchev–Trinajstić information content (AvgIpc) is 2.54. The van der Waals surface area contributed by atoms with Gasteiger partial charge in [-0.15, -0.1) is 0 Å². The van der Waals surface area contributed by atoms with Crippen molar-refractivity contribution in [2.24, 2.45) is 0 Å². The molecule has 0 radical (unpaired) electrons. The van der Waals surface area contributed by atoms with Crippen LogP contribution in [0.1, 0.15) is 18.2 Å². The fourth-order valence-electron chi connectivity index (χ4n) is 1.87. The molecule has 0 aliphatic carbocycles. The van der Waals surface area contributed by atoms with E-state index < -0.39 is 0 Å². The molecule has 0 saturated heterocycles. The molecule has 0 amide bonds. The van der Waals surface area contributed by atoms with Crippen LogP contribution in [0, 0.1) is 0 Å². The summed E-state index contributed by atoms with van der Waals surface area (Å²) in [5.74, 6) is 0. The molecule has 14 heavy (non-hydrogen) atoms. The number of rotatable bonds is 1. The second-order valence-electron chi connectivity index (χ2n) is 3.59. The van der Waals surface area contributed by atoms with Gasteiger partial charge in [-0.1, -0.05) is 18.7 Å². The molecule has 1 aliphatic heterocycles. The molecule has 0 aromatic carbocycles. The van der Waals surface area contributed by atoms with Crippen molar-refractivity contribution in [3.8, 4) is 0 Å². The molecular weight excluding hydrogens is 172 g/mol. The maximum absolute atomic E-state index is 4.12. The number of hydrogen-bond donors (Lipinski definition) is 2. The molecule has 1 aromatic heterocycles. The summed E-state index contributed by atoms with van der Waals surface area (Å²) in [4.78, 5) is 3.40. The van der Waals surface area contributed by atoms with Crippen LogP contribution in [0.25, 0.3) is 12.7 Å². The Morgan fingerprint density at radius 2 is 2.29 bits per heavy atom. The van der Waals surface area contributed by atoms with Crippen LogP contribution in [-0.4, -0.2) is 11.5 Å². The van der Waals surface area contributed by atoms with Gasteiger partial charge in [0.2, 0.25) is 0 Å². The molecule has 0 saturated carbocycles. The van der Waals surface area contributed by atoms with Crippen LogP contribution in [0.2, 0.25) is 0 Å². The molecular formula is C12H16N2. The fraction of sp³-hybridized carbons (Fsp3) is 0.333. The number of nitrogens with one attached hydrogen (secondary N) is 2. The molecule has 0 unspecified atom stereocenters.